The summed E-state index contributed by atoms with van der Waals surface area (Å²) in [6.07, 6.45) is 2.77. The minimum Gasteiger partial charge on any atom is -0.451 e. The Morgan fingerprint density at radius 2 is 1.94 bits per heavy atom. The summed E-state index contributed by atoms with van der Waals surface area (Å²) in [4.78, 5) is 3.80. The number of aromatic nitrogens is 1. The molecule has 0 radical (unpaired) electrons. The Hall–Kier alpha value is -2.92. The van der Waals surface area contributed by atoms with Crippen molar-refractivity contribution in [1.82, 2.24) is 4.98 Å². The molecule has 0 saturated heterocycles. The van der Waals surface area contributed by atoms with E-state index in [9.17, 15) is 4.39 Å². The van der Waals surface area contributed by atoms with Crippen molar-refractivity contribution < 1.29 is 9.13 Å². The van der Waals surface area contributed by atoms with Crippen LogP contribution in [0.5, 0.6) is 11.5 Å². The van der Waals surface area contributed by atoms with Crippen molar-refractivity contribution in [3.63, 3.8) is 0 Å². The van der Waals surface area contributed by atoms with Crippen LogP contribution in [0.25, 0.3) is 0 Å². The largest absolute Gasteiger partial charge is 0.451 e. The molecule has 4 nitrogen and oxygen atoms in total. The molecule has 0 N–H and O–H groups in total. The summed E-state index contributed by atoms with van der Waals surface area (Å²) in [6.45, 7) is 0. The van der Waals surface area contributed by atoms with E-state index < -0.39 is 5.82 Å². The molecule has 0 amide bonds. The van der Waals surface area contributed by atoms with Crippen molar-refractivity contribution in [2.75, 3.05) is 0 Å². The first kappa shape index (κ1) is 11.6. The van der Waals surface area contributed by atoms with Gasteiger partial charge in [-0.05, 0) is 24.3 Å². The minimum atomic E-state index is -0.665. The van der Waals surface area contributed by atoms with E-state index in [0.29, 0.717) is 0 Å². The molecule has 0 aliphatic carbocycles. The average Bonchev–Trinajstić information content (AvgIpc) is 2.41. The third kappa shape index (κ3) is 2.26. The topological polar surface area (TPSA) is 69.7 Å². The molecule has 0 saturated carbocycles. The Kier molecular flexibility index (Phi) is 3.17. The Balaban J connectivity index is 2.36. The monoisotopic (exact) mass is 239 g/mol. The van der Waals surface area contributed by atoms with E-state index in [1.165, 1.54) is 30.6 Å². The van der Waals surface area contributed by atoms with Crippen LogP contribution in [0.3, 0.4) is 0 Å². The van der Waals surface area contributed by atoms with Gasteiger partial charge in [-0.25, -0.2) is 4.39 Å². The van der Waals surface area contributed by atoms with E-state index in [1.807, 2.05) is 12.1 Å². The quantitative estimate of drug-likeness (QED) is 0.807. The second kappa shape index (κ2) is 4.94. The summed E-state index contributed by atoms with van der Waals surface area (Å²) in [6, 6.07) is 9.04. The maximum absolute atomic E-state index is 13.6. The Morgan fingerprint density at radius 3 is 2.61 bits per heavy atom. The van der Waals surface area contributed by atoms with Gasteiger partial charge in [-0.1, -0.05) is 0 Å². The molecule has 18 heavy (non-hydrogen) atoms. The van der Waals surface area contributed by atoms with Gasteiger partial charge >= 0.3 is 0 Å². The predicted octanol–water partition coefficient (Wildman–Crippen LogP) is 2.76. The zero-order chi connectivity index (χ0) is 13.0. The SMILES string of the molecule is N#Cc1ccc(Oc2cnccc2C#N)c(F)c1. The Morgan fingerprint density at radius 1 is 1.11 bits per heavy atom. The van der Waals surface area contributed by atoms with E-state index in [0.717, 1.165) is 6.07 Å². The third-order valence-electron chi connectivity index (χ3n) is 2.19. The highest BCUT2D eigenvalue weighted by molar-refractivity contribution is 5.44. The fraction of sp³-hybridized carbons (Fsp3) is 0. The van der Waals surface area contributed by atoms with Gasteiger partial charge in [0, 0.05) is 6.20 Å². The number of nitriles is 2. The van der Waals surface area contributed by atoms with E-state index in [1.54, 1.807) is 0 Å². The van der Waals surface area contributed by atoms with Gasteiger partial charge in [0.2, 0.25) is 0 Å². The normalized spacial score (nSPS) is 9.28. The van der Waals surface area contributed by atoms with Gasteiger partial charge < -0.3 is 4.74 Å². The minimum absolute atomic E-state index is 0.0569. The molecule has 0 unspecified atom stereocenters. The smallest absolute Gasteiger partial charge is 0.167 e. The highest BCUT2D eigenvalue weighted by Crippen LogP contribution is 2.26. The van der Waals surface area contributed by atoms with E-state index in [-0.39, 0.29) is 22.6 Å². The number of halogens is 1. The maximum atomic E-state index is 13.6. The first-order valence-corrected chi connectivity index (χ1v) is 4.96. The zero-order valence-corrected chi connectivity index (χ0v) is 9.09. The van der Waals surface area contributed by atoms with Crippen molar-refractivity contribution in [3.8, 4) is 23.6 Å². The highest BCUT2D eigenvalue weighted by atomic mass is 19.1. The zero-order valence-electron chi connectivity index (χ0n) is 9.09. The molecule has 0 aliphatic rings. The van der Waals surface area contributed by atoms with Crippen molar-refractivity contribution in [1.29, 1.82) is 10.5 Å². The van der Waals surface area contributed by atoms with Crippen LogP contribution in [-0.4, -0.2) is 4.98 Å². The standard InChI is InChI=1S/C13H6FN3O/c14-11-5-9(6-15)1-2-12(11)18-13-8-17-4-3-10(13)7-16/h1-5,8H. The number of ether oxygens (including phenoxy) is 1. The molecule has 2 aromatic rings. The lowest BCUT2D eigenvalue weighted by atomic mass is 10.2. The van der Waals surface area contributed by atoms with E-state index >= 15 is 0 Å². The van der Waals surface area contributed by atoms with Gasteiger partial charge in [-0.2, -0.15) is 10.5 Å². The third-order valence-corrected chi connectivity index (χ3v) is 2.19. The van der Waals surface area contributed by atoms with Gasteiger partial charge in [0.15, 0.2) is 17.3 Å². The van der Waals surface area contributed by atoms with Crippen molar-refractivity contribution in [2.24, 2.45) is 0 Å². The summed E-state index contributed by atoms with van der Waals surface area (Å²) in [7, 11) is 0. The number of pyridine rings is 1. The first-order valence-electron chi connectivity index (χ1n) is 4.96. The fourth-order valence-corrected chi connectivity index (χ4v) is 1.33. The van der Waals surface area contributed by atoms with E-state index in [4.69, 9.17) is 15.3 Å². The average molecular weight is 239 g/mol. The molecule has 1 aromatic heterocycles. The van der Waals surface area contributed by atoms with Crippen LogP contribution in [0.15, 0.2) is 36.7 Å². The van der Waals surface area contributed by atoms with Gasteiger partial charge in [0.25, 0.3) is 0 Å². The molecular weight excluding hydrogens is 233 g/mol. The molecule has 86 valence electrons. The number of nitrogens with zero attached hydrogens (tertiary/aromatic N) is 3. The molecule has 0 aliphatic heterocycles. The summed E-state index contributed by atoms with van der Waals surface area (Å²) in [5, 5.41) is 17.5. The molecule has 1 aromatic carbocycles. The van der Waals surface area contributed by atoms with Gasteiger partial charge in [0.05, 0.1) is 23.4 Å². The molecule has 0 fully saturated rings. The maximum Gasteiger partial charge on any atom is 0.167 e. The lowest BCUT2D eigenvalue weighted by Gasteiger charge is -2.07. The highest BCUT2D eigenvalue weighted by Gasteiger charge is 2.09. The van der Waals surface area contributed by atoms with Crippen LogP contribution in [0, 0.1) is 28.5 Å². The molecule has 5 heteroatoms. The molecule has 0 bridgehead atoms. The lowest BCUT2D eigenvalue weighted by molar-refractivity contribution is 0.439. The second-order valence-corrected chi connectivity index (χ2v) is 3.34. The summed E-state index contributed by atoms with van der Waals surface area (Å²) < 4.78 is 18.8. The number of benzene rings is 1. The van der Waals surface area contributed by atoms with E-state index in [2.05, 4.69) is 4.98 Å². The van der Waals surface area contributed by atoms with Crippen molar-refractivity contribution in [2.45, 2.75) is 0 Å². The molecule has 1 heterocycles. The fourth-order valence-electron chi connectivity index (χ4n) is 1.33. The number of rotatable bonds is 2. The van der Waals surface area contributed by atoms with Crippen LogP contribution < -0.4 is 4.74 Å². The second-order valence-electron chi connectivity index (χ2n) is 3.34. The van der Waals surface area contributed by atoms with Gasteiger partial charge in [-0.3, -0.25) is 4.98 Å². The van der Waals surface area contributed by atoms with Crippen LogP contribution >= 0.6 is 0 Å². The molecule has 2 rings (SSSR count). The summed E-state index contributed by atoms with van der Waals surface area (Å²) >= 11 is 0. The van der Waals surface area contributed by atoms with Gasteiger partial charge in [0.1, 0.15) is 6.07 Å². The summed E-state index contributed by atoms with van der Waals surface area (Å²) in [5.74, 6) is -0.552. The Bertz CT molecular complexity index is 671. The van der Waals surface area contributed by atoms with Crippen molar-refractivity contribution >= 4 is 0 Å². The van der Waals surface area contributed by atoms with Crippen LogP contribution in [0.4, 0.5) is 4.39 Å². The Labute approximate surface area is 103 Å². The molecule has 0 atom stereocenters. The van der Waals surface area contributed by atoms with Crippen molar-refractivity contribution in [3.05, 3.63) is 53.6 Å². The first-order chi connectivity index (χ1) is 8.74. The molecular formula is C13H6FN3O. The summed E-state index contributed by atoms with van der Waals surface area (Å²) in [5.41, 5.74) is 0.459. The number of hydrogen-bond donors (Lipinski definition) is 0. The van der Waals surface area contributed by atoms with Crippen LogP contribution in [-0.2, 0) is 0 Å². The van der Waals surface area contributed by atoms with Crippen LogP contribution in [0.2, 0.25) is 0 Å². The molecule has 0 spiro atoms. The number of hydrogen-bond acceptors (Lipinski definition) is 4. The predicted molar refractivity (Wildman–Crippen MR) is 60.1 cm³/mol. The van der Waals surface area contributed by atoms with Crippen LogP contribution in [0.1, 0.15) is 11.1 Å². The lowest BCUT2D eigenvalue weighted by Crippen LogP contribution is -1.92. The van der Waals surface area contributed by atoms with Gasteiger partial charge in [-0.15, -0.1) is 0 Å².